The fraction of sp³-hybridized carbons (Fsp3) is 0.333. The molecule has 0 aliphatic heterocycles. The maximum absolute atomic E-state index is 12.5. The third-order valence-corrected chi connectivity index (χ3v) is 4.26. The zero-order valence-electron chi connectivity index (χ0n) is 14.0. The van der Waals surface area contributed by atoms with Crippen LogP contribution in [0.2, 0.25) is 0 Å². The molecule has 1 aromatic carbocycles. The van der Waals surface area contributed by atoms with E-state index in [0.717, 1.165) is 12.8 Å². The highest BCUT2D eigenvalue weighted by Crippen LogP contribution is 2.19. The number of allylic oxidation sites excluding steroid dienone is 2. The molecule has 1 aromatic heterocycles. The average Bonchev–Trinajstić information content (AvgIpc) is 3.13. The maximum Gasteiger partial charge on any atom is 0.290 e. The van der Waals surface area contributed by atoms with Crippen molar-refractivity contribution in [3.05, 3.63) is 52.5 Å². The van der Waals surface area contributed by atoms with E-state index in [0.29, 0.717) is 23.7 Å². The first-order chi connectivity index (χ1) is 12.1. The van der Waals surface area contributed by atoms with Gasteiger partial charge in [-0.25, -0.2) is 4.68 Å². The lowest BCUT2D eigenvalue weighted by Gasteiger charge is -2.12. The van der Waals surface area contributed by atoms with Crippen LogP contribution < -0.4 is 16.4 Å². The molecule has 2 N–H and O–H groups in total. The predicted octanol–water partition coefficient (Wildman–Crippen LogP) is 1.53. The molecular formula is C18H20N4O3. The lowest BCUT2D eigenvalue weighted by Crippen LogP contribution is -2.43. The van der Waals surface area contributed by atoms with Gasteiger partial charge in [-0.2, -0.15) is 5.10 Å². The van der Waals surface area contributed by atoms with E-state index < -0.39 is 5.91 Å². The van der Waals surface area contributed by atoms with Crippen molar-refractivity contribution in [2.45, 2.75) is 32.7 Å². The summed E-state index contributed by atoms with van der Waals surface area (Å²) in [4.78, 5) is 36.7. The van der Waals surface area contributed by atoms with E-state index in [4.69, 9.17) is 0 Å². The van der Waals surface area contributed by atoms with Crippen LogP contribution in [0.3, 0.4) is 0 Å². The van der Waals surface area contributed by atoms with Crippen molar-refractivity contribution in [3.8, 4) is 0 Å². The van der Waals surface area contributed by atoms with Gasteiger partial charge in [-0.15, -0.1) is 0 Å². The molecule has 1 atom stereocenters. The number of aromatic nitrogens is 2. The van der Waals surface area contributed by atoms with Crippen molar-refractivity contribution in [3.63, 3.8) is 0 Å². The molecule has 1 aliphatic carbocycles. The number of rotatable bonds is 4. The van der Waals surface area contributed by atoms with Crippen molar-refractivity contribution >= 4 is 22.6 Å². The number of carbonyl (C=O) groups excluding carboxylic acids is 2. The van der Waals surface area contributed by atoms with Crippen LogP contribution in [0, 0.1) is 5.92 Å². The number of hydrogen-bond donors (Lipinski definition) is 2. The van der Waals surface area contributed by atoms with Crippen LogP contribution in [0.25, 0.3) is 10.8 Å². The molecule has 1 aliphatic rings. The molecule has 0 saturated heterocycles. The van der Waals surface area contributed by atoms with Crippen molar-refractivity contribution in [2.24, 2.45) is 5.92 Å². The van der Waals surface area contributed by atoms with Crippen LogP contribution in [-0.4, -0.2) is 21.6 Å². The highest BCUT2D eigenvalue weighted by molar-refractivity contribution is 6.05. The minimum atomic E-state index is -0.547. The van der Waals surface area contributed by atoms with E-state index in [2.05, 4.69) is 22.0 Å². The number of nitrogens with one attached hydrogen (secondary N) is 2. The van der Waals surface area contributed by atoms with Gasteiger partial charge in [0.2, 0.25) is 5.91 Å². The summed E-state index contributed by atoms with van der Waals surface area (Å²) in [5, 5.41) is 5.01. The Balaban J connectivity index is 1.77. The Morgan fingerprint density at radius 3 is 2.68 bits per heavy atom. The van der Waals surface area contributed by atoms with Crippen molar-refractivity contribution in [2.75, 3.05) is 0 Å². The minimum Gasteiger partial charge on any atom is -0.273 e. The fourth-order valence-electron chi connectivity index (χ4n) is 2.96. The summed E-state index contributed by atoms with van der Waals surface area (Å²) in [6.45, 7) is 2.13. The molecule has 0 spiro atoms. The molecule has 2 amide bonds. The number of hydrazine groups is 1. The zero-order valence-corrected chi connectivity index (χ0v) is 14.0. The maximum atomic E-state index is 12.5. The quantitative estimate of drug-likeness (QED) is 0.652. The fourth-order valence-corrected chi connectivity index (χ4v) is 2.96. The van der Waals surface area contributed by atoms with Crippen LogP contribution in [0.5, 0.6) is 0 Å². The molecule has 7 heteroatoms. The molecule has 7 nitrogen and oxygen atoms in total. The van der Waals surface area contributed by atoms with Crippen LogP contribution in [-0.2, 0) is 11.3 Å². The van der Waals surface area contributed by atoms with Gasteiger partial charge < -0.3 is 0 Å². The van der Waals surface area contributed by atoms with Gasteiger partial charge in [-0.1, -0.05) is 30.4 Å². The van der Waals surface area contributed by atoms with E-state index >= 15 is 0 Å². The zero-order chi connectivity index (χ0) is 17.8. The Labute approximate surface area is 144 Å². The Morgan fingerprint density at radius 1 is 1.24 bits per heavy atom. The van der Waals surface area contributed by atoms with Gasteiger partial charge in [0.05, 0.1) is 5.39 Å². The smallest absolute Gasteiger partial charge is 0.273 e. The van der Waals surface area contributed by atoms with Gasteiger partial charge in [-0.05, 0) is 31.7 Å². The average molecular weight is 340 g/mol. The van der Waals surface area contributed by atoms with Crippen LogP contribution in [0.1, 0.15) is 36.7 Å². The van der Waals surface area contributed by atoms with Crippen LogP contribution in [0.15, 0.2) is 41.2 Å². The number of hydrogen-bond acceptors (Lipinski definition) is 4. The molecule has 25 heavy (non-hydrogen) atoms. The Bertz CT molecular complexity index is 901. The summed E-state index contributed by atoms with van der Waals surface area (Å²) in [5.74, 6) is -0.579. The van der Waals surface area contributed by atoms with E-state index in [1.54, 1.807) is 31.2 Å². The first kappa shape index (κ1) is 16.9. The summed E-state index contributed by atoms with van der Waals surface area (Å²) in [5.41, 5.74) is 4.69. The van der Waals surface area contributed by atoms with Gasteiger partial charge in [0.15, 0.2) is 5.69 Å². The Kier molecular flexibility index (Phi) is 4.92. The normalized spacial score (nSPS) is 16.1. The number of amides is 2. The molecule has 0 radical (unpaired) electrons. The lowest BCUT2D eigenvalue weighted by atomic mass is 10.1. The largest absolute Gasteiger partial charge is 0.290 e. The second-order valence-corrected chi connectivity index (χ2v) is 5.99. The van der Waals surface area contributed by atoms with Crippen molar-refractivity contribution in [1.29, 1.82) is 0 Å². The third-order valence-electron chi connectivity index (χ3n) is 4.26. The first-order valence-electron chi connectivity index (χ1n) is 8.36. The molecule has 1 heterocycles. The van der Waals surface area contributed by atoms with Gasteiger partial charge in [0.1, 0.15) is 0 Å². The number of fused-ring (bicyclic) bond motifs is 1. The number of aryl methyl sites for hydroxylation is 1. The van der Waals surface area contributed by atoms with Crippen LogP contribution >= 0.6 is 0 Å². The summed E-state index contributed by atoms with van der Waals surface area (Å²) in [6, 6.07) is 6.81. The summed E-state index contributed by atoms with van der Waals surface area (Å²) < 4.78 is 1.24. The summed E-state index contributed by atoms with van der Waals surface area (Å²) in [6.07, 6.45) is 6.35. The SMILES string of the molecule is CCn1nc(C(=O)NNC(=O)C[C@H]2C=CCC2)c2ccccc2c1=O. The monoisotopic (exact) mass is 340 g/mol. The lowest BCUT2D eigenvalue weighted by molar-refractivity contribution is -0.122. The van der Waals surface area contributed by atoms with E-state index in [1.165, 1.54) is 4.68 Å². The highest BCUT2D eigenvalue weighted by Gasteiger charge is 2.18. The second kappa shape index (κ2) is 7.29. The summed E-state index contributed by atoms with van der Waals surface area (Å²) in [7, 11) is 0. The molecule has 3 rings (SSSR count). The van der Waals surface area contributed by atoms with Gasteiger partial charge in [0, 0.05) is 18.4 Å². The standard InChI is InChI=1S/C18H20N4O3/c1-2-22-18(25)14-10-6-5-9-13(14)16(21-22)17(24)20-19-15(23)11-12-7-3-4-8-12/h3,5-7,9-10,12H,2,4,8,11H2,1H3,(H,19,23)(H,20,24)/t12-/m0/s1. The van der Waals surface area contributed by atoms with Crippen molar-refractivity contribution < 1.29 is 9.59 Å². The summed E-state index contributed by atoms with van der Waals surface area (Å²) >= 11 is 0. The molecule has 0 bridgehead atoms. The number of carbonyl (C=O) groups is 2. The third kappa shape index (κ3) is 3.60. The topological polar surface area (TPSA) is 93.1 Å². The van der Waals surface area contributed by atoms with E-state index in [-0.39, 0.29) is 23.1 Å². The number of nitrogens with zero attached hydrogens (tertiary/aromatic N) is 2. The Morgan fingerprint density at radius 2 is 2.00 bits per heavy atom. The predicted molar refractivity (Wildman–Crippen MR) is 93.8 cm³/mol. The molecular weight excluding hydrogens is 320 g/mol. The van der Waals surface area contributed by atoms with Crippen molar-refractivity contribution in [1.82, 2.24) is 20.6 Å². The number of benzene rings is 1. The molecule has 0 saturated carbocycles. The van der Waals surface area contributed by atoms with Gasteiger partial charge in [-0.3, -0.25) is 25.2 Å². The van der Waals surface area contributed by atoms with E-state index in [9.17, 15) is 14.4 Å². The molecule has 130 valence electrons. The van der Waals surface area contributed by atoms with E-state index in [1.807, 2.05) is 6.08 Å². The molecule has 0 fully saturated rings. The first-order valence-corrected chi connectivity index (χ1v) is 8.36. The minimum absolute atomic E-state index is 0.109. The second-order valence-electron chi connectivity index (χ2n) is 5.99. The highest BCUT2D eigenvalue weighted by atomic mass is 16.2. The molecule has 0 unspecified atom stereocenters. The van der Waals surface area contributed by atoms with Gasteiger partial charge >= 0.3 is 0 Å². The van der Waals surface area contributed by atoms with Gasteiger partial charge in [0.25, 0.3) is 11.5 Å². The van der Waals surface area contributed by atoms with Crippen LogP contribution in [0.4, 0.5) is 0 Å². The molecule has 2 aromatic rings. The Hall–Kier alpha value is -2.96.